The number of aliphatic hydroxyl groups is 3. The van der Waals surface area contributed by atoms with Gasteiger partial charge in [0.1, 0.15) is 30.0 Å². The summed E-state index contributed by atoms with van der Waals surface area (Å²) in [4.78, 5) is 12.2. The summed E-state index contributed by atoms with van der Waals surface area (Å²) in [6.07, 6.45) is 2.90. The number of hydrogen-bond donors (Lipinski definition) is 3. The Morgan fingerprint density at radius 1 is 1.14 bits per heavy atom. The van der Waals surface area contributed by atoms with Crippen molar-refractivity contribution in [2.24, 2.45) is 0 Å². The van der Waals surface area contributed by atoms with E-state index in [2.05, 4.69) is 15.0 Å². The average Bonchev–Trinajstić information content (AvgIpc) is 2.57. The highest BCUT2D eigenvalue weighted by atomic mass is 32.2. The molecule has 22 heavy (non-hydrogen) atoms. The minimum atomic E-state index is -1.23. The summed E-state index contributed by atoms with van der Waals surface area (Å²) in [5, 5.41) is 29.3. The lowest BCUT2D eigenvalue weighted by molar-refractivity contribution is -0.0785. The third-order valence-electron chi connectivity index (χ3n) is 3.30. The molecule has 3 heterocycles. The molecular weight excluding hydrogens is 306 g/mol. The summed E-state index contributed by atoms with van der Waals surface area (Å²) >= 11 is 1.24. The molecule has 1 saturated heterocycles. The van der Waals surface area contributed by atoms with Crippen LogP contribution in [0.2, 0.25) is 0 Å². The summed E-state index contributed by atoms with van der Waals surface area (Å²) in [6, 6.07) is 3.44. The van der Waals surface area contributed by atoms with Crippen molar-refractivity contribution in [2.45, 2.75) is 23.7 Å². The zero-order valence-electron chi connectivity index (χ0n) is 11.5. The van der Waals surface area contributed by atoms with Crippen LogP contribution in [0.1, 0.15) is 0 Å². The Bertz CT molecular complexity index is 630. The van der Waals surface area contributed by atoms with Crippen molar-refractivity contribution in [3.05, 3.63) is 37.1 Å². The topological polar surface area (TPSA) is 109 Å². The number of pyridine rings is 1. The van der Waals surface area contributed by atoms with E-state index < -0.39 is 23.7 Å². The summed E-state index contributed by atoms with van der Waals surface area (Å²) < 4.78 is 5.80. The van der Waals surface area contributed by atoms with Crippen LogP contribution in [0.25, 0.3) is 11.3 Å². The highest BCUT2D eigenvalue weighted by Crippen LogP contribution is 2.33. The highest BCUT2D eigenvalue weighted by Gasteiger charge is 2.38. The Morgan fingerprint density at radius 3 is 2.68 bits per heavy atom. The van der Waals surface area contributed by atoms with Crippen molar-refractivity contribution >= 4 is 11.8 Å². The van der Waals surface area contributed by atoms with Crippen LogP contribution < -0.4 is 4.74 Å². The quantitative estimate of drug-likeness (QED) is 0.729. The van der Waals surface area contributed by atoms with Gasteiger partial charge in [-0.05, 0) is 12.1 Å². The van der Waals surface area contributed by atoms with Gasteiger partial charge in [0.05, 0.1) is 6.10 Å². The van der Waals surface area contributed by atoms with Crippen molar-refractivity contribution in [2.75, 3.05) is 5.75 Å². The van der Waals surface area contributed by atoms with Crippen molar-refractivity contribution in [1.82, 2.24) is 15.0 Å². The highest BCUT2D eigenvalue weighted by molar-refractivity contribution is 7.99. The van der Waals surface area contributed by atoms with Crippen LogP contribution in [0, 0.1) is 0 Å². The number of rotatable bonds is 3. The lowest BCUT2D eigenvalue weighted by Crippen LogP contribution is -2.50. The maximum absolute atomic E-state index is 10.0. The number of aromatic nitrogens is 3. The third kappa shape index (κ3) is 3.05. The molecule has 0 radical (unpaired) electrons. The van der Waals surface area contributed by atoms with Gasteiger partial charge >= 0.3 is 0 Å². The largest absolute Gasteiger partial charge is 0.475 e. The standard InChI is InChI=1S/C14H15N3O4S/c18-9-6-22-14(13(20)12(9)19)21-10-2-1-3-17-11(10)8-4-15-7-16-5-8/h1-5,7,9,12-14,18-20H,6H2/t9-,12+,13-,14-/m1/s1. The van der Waals surface area contributed by atoms with E-state index >= 15 is 0 Å². The number of hydrogen-bond acceptors (Lipinski definition) is 8. The van der Waals surface area contributed by atoms with Crippen LogP contribution in [0.4, 0.5) is 0 Å². The third-order valence-corrected chi connectivity index (χ3v) is 4.54. The van der Waals surface area contributed by atoms with E-state index in [1.807, 2.05) is 0 Å². The van der Waals surface area contributed by atoms with Crippen LogP contribution in [0.5, 0.6) is 5.75 Å². The maximum Gasteiger partial charge on any atom is 0.173 e. The smallest absolute Gasteiger partial charge is 0.173 e. The van der Waals surface area contributed by atoms with Gasteiger partial charge in [-0.3, -0.25) is 4.98 Å². The normalized spacial score (nSPS) is 28.3. The first kappa shape index (κ1) is 15.2. The van der Waals surface area contributed by atoms with Gasteiger partial charge in [-0.15, -0.1) is 11.8 Å². The molecule has 0 amide bonds. The fourth-order valence-electron chi connectivity index (χ4n) is 2.13. The van der Waals surface area contributed by atoms with E-state index in [1.165, 1.54) is 18.1 Å². The van der Waals surface area contributed by atoms with E-state index in [-0.39, 0.29) is 5.75 Å². The zero-order chi connectivity index (χ0) is 15.5. The summed E-state index contributed by atoms with van der Waals surface area (Å²) in [7, 11) is 0. The van der Waals surface area contributed by atoms with E-state index in [0.717, 1.165) is 0 Å². The minimum absolute atomic E-state index is 0.285. The second-order valence-electron chi connectivity index (χ2n) is 4.85. The van der Waals surface area contributed by atoms with E-state index in [4.69, 9.17) is 4.74 Å². The summed E-state index contributed by atoms with van der Waals surface area (Å²) in [5.74, 6) is 0.741. The maximum atomic E-state index is 10.0. The molecule has 8 heteroatoms. The molecule has 2 aromatic rings. The minimum Gasteiger partial charge on any atom is -0.475 e. The van der Waals surface area contributed by atoms with Gasteiger partial charge < -0.3 is 20.1 Å². The van der Waals surface area contributed by atoms with Gasteiger partial charge in [-0.2, -0.15) is 0 Å². The van der Waals surface area contributed by atoms with Crippen LogP contribution in [0.15, 0.2) is 37.1 Å². The molecule has 116 valence electrons. The SMILES string of the molecule is O[C@@H]1[C@@H](O)[C@H](Oc2cccnc2-c2cncnc2)SC[C@H]1O. The molecule has 0 aromatic carbocycles. The monoisotopic (exact) mass is 321 g/mol. The molecule has 0 aliphatic carbocycles. The molecule has 3 rings (SSSR count). The summed E-state index contributed by atoms with van der Waals surface area (Å²) in [5.41, 5.74) is 0.552. The van der Waals surface area contributed by atoms with E-state index in [1.54, 1.807) is 30.7 Å². The molecule has 2 aromatic heterocycles. The first-order valence-corrected chi connectivity index (χ1v) is 7.74. The molecular formula is C14H15N3O4S. The number of ether oxygens (including phenoxy) is 1. The van der Waals surface area contributed by atoms with Gasteiger partial charge in [0, 0.05) is 29.9 Å². The molecule has 0 saturated carbocycles. The molecule has 0 unspecified atom stereocenters. The van der Waals surface area contributed by atoms with Crippen LogP contribution in [0.3, 0.4) is 0 Å². The van der Waals surface area contributed by atoms with Crippen molar-refractivity contribution < 1.29 is 20.1 Å². The first-order valence-electron chi connectivity index (χ1n) is 6.69. The number of thioether (sulfide) groups is 1. The lowest BCUT2D eigenvalue weighted by atomic mass is 10.1. The molecule has 1 fully saturated rings. The fraction of sp³-hybridized carbons (Fsp3) is 0.357. The zero-order valence-corrected chi connectivity index (χ0v) is 12.3. The first-order chi connectivity index (χ1) is 10.7. The molecule has 4 atom stereocenters. The van der Waals surface area contributed by atoms with Crippen molar-refractivity contribution in [3.63, 3.8) is 0 Å². The van der Waals surface area contributed by atoms with Crippen molar-refractivity contribution in [3.8, 4) is 17.0 Å². The Kier molecular flexibility index (Phi) is 4.53. The predicted octanol–water partition coefficient (Wildman–Crippen LogP) is 0.0730. The van der Waals surface area contributed by atoms with E-state index in [9.17, 15) is 15.3 Å². The van der Waals surface area contributed by atoms with Gasteiger partial charge in [0.2, 0.25) is 0 Å². The van der Waals surface area contributed by atoms with Crippen LogP contribution in [-0.4, -0.2) is 59.8 Å². The molecule has 0 bridgehead atoms. The van der Waals surface area contributed by atoms with Gasteiger partial charge in [-0.1, -0.05) is 0 Å². The van der Waals surface area contributed by atoms with E-state index in [0.29, 0.717) is 17.0 Å². The van der Waals surface area contributed by atoms with Crippen molar-refractivity contribution in [1.29, 1.82) is 0 Å². The molecule has 7 nitrogen and oxygen atoms in total. The molecule has 1 aliphatic heterocycles. The predicted molar refractivity (Wildman–Crippen MR) is 80.2 cm³/mol. The number of nitrogens with zero attached hydrogens (tertiary/aromatic N) is 3. The molecule has 3 N–H and O–H groups in total. The fourth-order valence-corrected chi connectivity index (χ4v) is 3.25. The Hall–Kier alpha value is -1.74. The Balaban J connectivity index is 1.84. The second-order valence-corrected chi connectivity index (χ2v) is 5.98. The molecule has 0 spiro atoms. The Labute approximate surface area is 131 Å². The van der Waals surface area contributed by atoms with Crippen LogP contribution >= 0.6 is 11.8 Å². The molecule has 1 aliphatic rings. The van der Waals surface area contributed by atoms with Gasteiger partial charge in [0.15, 0.2) is 5.44 Å². The Morgan fingerprint density at radius 2 is 1.91 bits per heavy atom. The lowest BCUT2D eigenvalue weighted by Gasteiger charge is -2.34. The van der Waals surface area contributed by atoms with Crippen LogP contribution in [-0.2, 0) is 0 Å². The second kappa shape index (κ2) is 6.57. The average molecular weight is 321 g/mol. The number of aliphatic hydroxyl groups excluding tert-OH is 3. The van der Waals surface area contributed by atoms with Gasteiger partial charge in [-0.25, -0.2) is 9.97 Å². The summed E-state index contributed by atoms with van der Waals surface area (Å²) in [6.45, 7) is 0. The van der Waals surface area contributed by atoms with Gasteiger partial charge in [0.25, 0.3) is 0 Å².